The molecule has 2 aromatic rings. The number of aromatic amines is 1. The number of hydrogen-bond donors (Lipinski definition) is 1. The van der Waals surface area contributed by atoms with E-state index in [0.29, 0.717) is 23.2 Å². The van der Waals surface area contributed by atoms with Gasteiger partial charge in [-0.15, -0.1) is 10.2 Å². The molecule has 0 aliphatic heterocycles. The molecule has 0 unspecified atom stereocenters. The maximum absolute atomic E-state index is 11.8. The van der Waals surface area contributed by atoms with Crippen LogP contribution in [0.25, 0.3) is 0 Å². The highest BCUT2D eigenvalue weighted by Crippen LogP contribution is 2.15. The monoisotopic (exact) mass is 275 g/mol. The standard InChI is InChI=1S/C14H17N3OS/c1-9(2)11-6-4-10(5-7-11)8-12-13(18)15-14(19-3)17-16-12/h4-7,9H,8H2,1-3H3,(H,15,17,18). The molecule has 0 bridgehead atoms. The highest BCUT2D eigenvalue weighted by Gasteiger charge is 2.06. The molecule has 0 amide bonds. The molecule has 1 aromatic heterocycles. The van der Waals surface area contributed by atoms with Gasteiger partial charge in [-0.2, -0.15) is 0 Å². The number of hydrogen-bond acceptors (Lipinski definition) is 4. The fourth-order valence-electron chi connectivity index (χ4n) is 1.77. The minimum absolute atomic E-state index is 0.160. The Morgan fingerprint density at radius 3 is 2.42 bits per heavy atom. The van der Waals surface area contributed by atoms with E-state index in [1.807, 2.05) is 18.4 Å². The molecule has 0 atom stereocenters. The lowest BCUT2D eigenvalue weighted by atomic mass is 10.0. The average Bonchev–Trinajstić information content (AvgIpc) is 2.41. The first-order chi connectivity index (χ1) is 9.10. The van der Waals surface area contributed by atoms with Crippen LogP contribution >= 0.6 is 11.8 Å². The van der Waals surface area contributed by atoms with E-state index in [4.69, 9.17) is 0 Å². The summed E-state index contributed by atoms with van der Waals surface area (Å²) in [5, 5.41) is 8.49. The van der Waals surface area contributed by atoms with Crippen molar-refractivity contribution in [2.24, 2.45) is 0 Å². The average molecular weight is 275 g/mol. The van der Waals surface area contributed by atoms with Gasteiger partial charge in [0.15, 0.2) is 5.16 Å². The van der Waals surface area contributed by atoms with Gasteiger partial charge in [0.05, 0.1) is 0 Å². The summed E-state index contributed by atoms with van der Waals surface area (Å²) < 4.78 is 0. The summed E-state index contributed by atoms with van der Waals surface area (Å²) in [7, 11) is 0. The Morgan fingerprint density at radius 2 is 1.89 bits per heavy atom. The van der Waals surface area contributed by atoms with Crippen LogP contribution in [0.1, 0.15) is 36.6 Å². The van der Waals surface area contributed by atoms with Crippen LogP contribution < -0.4 is 5.56 Å². The van der Waals surface area contributed by atoms with Crippen LogP contribution in [0.15, 0.2) is 34.2 Å². The molecule has 19 heavy (non-hydrogen) atoms. The molecule has 0 saturated heterocycles. The summed E-state index contributed by atoms with van der Waals surface area (Å²) in [4.78, 5) is 14.5. The zero-order chi connectivity index (χ0) is 13.8. The third kappa shape index (κ3) is 3.44. The first-order valence-electron chi connectivity index (χ1n) is 6.19. The molecule has 1 N–H and O–H groups in total. The van der Waals surface area contributed by atoms with Crippen LogP contribution in [-0.4, -0.2) is 21.4 Å². The third-order valence-corrected chi connectivity index (χ3v) is 3.53. The van der Waals surface area contributed by atoms with Gasteiger partial charge >= 0.3 is 0 Å². The lowest BCUT2D eigenvalue weighted by molar-refractivity contribution is 0.773. The van der Waals surface area contributed by atoms with Crippen molar-refractivity contribution in [2.75, 3.05) is 6.26 Å². The van der Waals surface area contributed by atoms with Gasteiger partial charge in [-0.3, -0.25) is 9.78 Å². The van der Waals surface area contributed by atoms with Crippen LogP contribution in [0, 0.1) is 0 Å². The van der Waals surface area contributed by atoms with Crippen molar-refractivity contribution in [2.45, 2.75) is 31.3 Å². The van der Waals surface area contributed by atoms with Gasteiger partial charge in [0.2, 0.25) is 0 Å². The minimum Gasteiger partial charge on any atom is -0.298 e. The second-order valence-corrected chi connectivity index (χ2v) is 5.48. The number of H-pyrrole nitrogens is 1. The van der Waals surface area contributed by atoms with Crippen LogP contribution in [-0.2, 0) is 6.42 Å². The number of aromatic nitrogens is 3. The number of rotatable bonds is 4. The molecule has 5 heteroatoms. The lowest BCUT2D eigenvalue weighted by Gasteiger charge is -2.06. The molecule has 0 radical (unpaired) electrons. The van der Waals surface area contributed by atoms with E-state index in [0.717, 1.165) is 5.56 Å². The van der Waals surface area contributed by atoms with Crippen molar-refractivity contribution >= 4 is 11.8 Å². The van der Waals surface area contributed by atoms with Gasteiger partial charge in [0.1, 0.15) is 5.69 Å². The molecule has 0 aliphatic rings. The molecule has 2 rings (SSSR count). The molecule has 1 aromatic carbocycles. The summed E-state index contributed by atoms with van der Waals surface area (Å²) in [6.45, 7) is 4.32. The van der Waals surface area contributed by atoms with Crippen molar-refractivity contribution < 1.29 is 0 Å². The predicted octanol–water partition coefficient (Wildman–Crippen LogP) is 2.60. The highest BCUT2D eigenvalue weighted by atomic mass is 32.2. The fourth-order valence-corrected chi connectivity index (χ4v) is 2.08. The van der Waals surface area contributed by atoms with E-state index in [-0.39, 0.29) is 5.56 Å². The third-order valence-electron chi connectivity index (χ3n) is 2.96. The van der Waals surface area contributed by atoms with Crippen LogP contribution in [0.5, 0.6) is 0 Å². The largest absolute Gasteiger partial charge is 0.298 e. The topological polar surface area (TPSA) is 58.6 Å². The lowest BCUT2D eigenvalue weighted by Crippen LogP contribution is -2.17. The molecule has 0 fully saturated rings. The van der Waals surface area contributed by atoms with Crippen molar-refractivity contribution in [1.82, 2.24) is 15.2 Å². The Bertz CT molecular complexity index is 605. The predicted molar refractivity (Wildman–Crippen MR) is 77.8 cm³/mol. The zero-order valence-corrected chi connectivity index (χ0v) is 12.1. The van der Waals surface area contributed by atoms with Crippen molar-refractivity contribution in [3.8, 4) is 0 Å². The van der Waals surface area contributed by atoms with E-state index in [9.17, 15) is 4.79 Å². The van der Waals surface area contributed by atoms with Crippen molar-refractivity contribution in [3.63, 3.8) is 0 Å². The van der Waals surface area contributed by atoms with Crippen LogP contribution in [0.2, 0.25) is 0 Å². The molecular weight excluding hydrogens is 258 g/mol. The Hall–Kier alpha value is -1.62. The fraction of sp³-hybridized carbons (Fsp3) is 0.357. The van der Waals surface area contributed by atoms with E-state index in [1.54, 1.807) is 0 Å². The Morgan fingerprint density at radius 1 is 1.21 bits per heavy atom. The van der Waals surface area contributed by atoms with Gasteiger partial charge in [0.25, 0.3) is 5.56 Å². The second kappa shape index (κ2) is 6.02. The first kappa shape index (κ1) is 13.8. The van der Waals surface area contributed by atoms with Crippen LogP contribution in [0.3, 0.4) is 0 Å². The van der Waals surface area contributed by atoms with E-state index in [1.165, 1.54) is 17.3 Å². The molecule has 0 saturated carbocycles. The summed E-state index contributed by atoms with van der Waals surface area (Å²) in [5.74, 6) is 0.512. The number of nitrogens with one attached hydrogen (secondary N) is 1. The molecular formula is C14H17N3OS. The first-order valence-corrected chi connectivity index (χ1v) is 7.41. The smallest absolute Gasteiger partial charge is 0.273 e. The number of nitrogens with zero attached hydrogens (tertiary/aromatic N) is 2. The number of benzene rings is 1. The Kier molecular flexibility index (Phi) is 4.37. The maximum atomic E-state index is 11.8. The van der Waals surface area contributed by atoms with Crippen LogP contribution in [0.4, 0.5) is 0 Å². The van der Waals surface area contributed by atoms with Crippen molar-refractivity contribution in [3.05, 3.63) is 51.4 Å². The summed E-state index contributed by atoms with van der Waals surface area (Å²) >= 11 is 1.37. The summed E-state index contributed by atoms with van der Waals surface area (Å²) in [6.07, 6.45) is 2.36. The maximum Gasteiger partial charge on any atom is 0.273 e. The van der Waals surface area contributed by atoms with Gasteiger partial charge in [-0.05, 0) is 23.3 Å². The molecule has 4 nitrogen and oxygen atoms in total. The summed E-state index contributed by atoms with van der Waals surface area (Å²) in [6, 6.07) is 8.27. The Balaban J connectivity index is 2.19. The molecule has 1 heterocycles. The quantitative estimate of drug-likeness (QED) is 0.871. The van der Waals surface area contributed by atoms with Gasteiger partial charge in [-0.25, -0.2) is 0 Å². The van der Waals surface area contributed by atoms with E-state index >= 15 is 0 Å². The normalized spacial score (nSPS) is 10.9. The molecule has 100 valence electrons. The van der Waals surface area contributed by atoms with E-state index in [2.05, 4.69) is 41.2 Å². The van der Waals surface area contributed by atoms with Gasteiger partial charge in [0, 0.05) is 6.42 Å². The minimum atomic E-state index is -0.160. The molecule has 0 spiro atoms. The van der Waals surface area contributed by atoms with Crippen molar-refractivity contribution in [1.29, 1.82) is 0 Å². The van der Waals surface area contributed by atoms with E-state index < -0.39 is 0 Å². The van der Waals surface area contributed by atoms with Gasteiger partial charge in [-0.1, -0.05) is 49.9 Å². The SMILES string of the molecule is CSc1nnc(Cc2ccc(C(C)C)cc2)c(=O)[nH]1. The van der Waals surface area contributed by atoms with Gasteiger partial charge < -0.3 is 0 Å². The second-order valence-electron chi connectivity index (χ2n) is 4.68. The molecule has 0 aliphatic carbocycles. The summed E-state index contributed by atoms with van der Waals surface area (Å²) in [5.41, 5.74) is 2.66. The highest BCUT2D eigenvalue weighted by molar-refractivity contribution is 7.98. The number of thioether (sulfide) groups is 1. The zero-order valence-electron chi connectivity index (χ0n) is 11.3. The Labute approximate surface area is 116 Å².